The number of rotatable bonds is 6. The molecule has 2 unspecified atom stereocenters. The van der Waals surface area contributed by atoms with E-state index in [1.54, 1.807) is 24.3 Å². The van der Waals surface area contributed by atoms with Crippen molar-refractivity contribution in [2.24, 2.45) is 5.92 Å². The van der Waals surface area contributed by atoms with Crippen LogP contribution in [-0.2, 0) is 4.79 Å². The van der Waals surface area contributed by atoms with Crippen LogP contribution in [-0.4, -0.2) is 43.0 Å². The highest BCUT2D eigenvalue weighted by Gasteiger charge is 2.45. The lowest BCUT2D eigenvalue weighted by Gasteiger charge is -2.24. The average molecular weight is 540 g/mol. The lowest BCUT2D eigenvalue weighted by Crippen LogP contribution is -2.26. The fourth-order valence-corrected chi connectivity index (χ4v) is 5.94. The van der Waals surface area contributed by atoms with Crippen LogP contribution in [0.5, 0.6) is 0 Å². The second kappa shape index (κ2) is 9.33. The van der Waals surface area contributed by atoms with E-state index in [4.69, 9.17) is 16.6 Å². The number of aromatic nitrogens is 4. The minimum absolute atomic E-state index is 0.0479. The SMILES string of the molecule is N#Cc1ccc(Cl)cc1C1CC1C(=O)Nc1cc(N2C[C@@H](O)C[C@@H]2c2cn3cc(C4CC4)ccc3n2)ncn1. The summed E-state index contributed by atoms with van der Waals surface area (Å²) >= 11 is 6.14. The molecule has 2 N–H and O–H groups in total. The molecule has 39 heavy (non-hydrogen) atoms. The molecule has 10 heteroatoms. The third-order valence-corrected chi connectivity index (χ3v) is 8.26. The van der Waals surface area contributed by atoms with Gasteiger partial charge in [-0.15, -0.1) is 0 Å². The molecule has 4 aromatic rings. The van der Waals surface area contributed by atoms with Crippen molar-refractivity contribution in [3.63, 3.8) is 0 Å². The van der Waals surface area contributed by atoms with Gasteiger partial charge in [0.05, 0.1) is 29.5 Å². The van der Waals surface area contributed by atoms with Gasteiger partial charge < -0.3 is 19.7 Å². The van der Waals surface area contributed by atoms with Gasteiger partial charge in [-0.1, -0.05) is 17.7 Å². The van der Waals surface area contributed by atoms with Crippen molar-refractivity contribution < 1.29 is 9.90 Å². The largest absolute Gasteiger partial charge is 0.391 e. The van der Waals surface area contributed by atoms with E-state index in [0.717, 1.165) is 16.9 Å². The molecule has 3 fully saturated rings. The number of benzene rings is 1. The summed E-state index contributed by atoms with van der Waals surface area (Å²) in [6.45, 7) is 0.409. The highest BCUT2D eigenvalue weighted by atomic mass is 35.5. The molecule has 1 aliphatic heterocycles. The number of pyridine rings is 1. The van der Waals surface area contributed by atoms with Crippen LogP contribution in [0.2, 0.25) is 5.02 Å². The zero-order valence-corrected chi connectivity index (χ0v) is 21.8. The molecule has 1 saturated heterocycles. The lowest BCUT2D eigenvalue weighted by molar-refractivity contribution is -0.117. The fourth-order valence-electron chi connectivity index (χ4n) is 5.76. The Hall–Kier alpha value is -4.00. The molecule has 0 spiro atoms. The number of anilines is 2. The summed E-state index contributed by atoms with van der Waals surface area (Å²) in [5.74, 6) is 1.21. The number of amides is 1. The quantitative estimate of drug-likeness (QED) is 0.368. The van der Waals surface area contributed by atoms with E-state index < -0.39 is 6.10 Å². The Labute approximate surface area is 230 Å². The van der Waals surface area contributed by atoms with Crippen molar-refractivity contribution in [2.75, 3.05) is 16.8 Å². The van der Waals surface area contributed by atoms with Crippen LogP contribution in [0.1, 0.15) is 65.9 Å². The molecular weight excluding hydrogens is 514 g/mol. The number of nitriles is 1. The van der Waals surface area contributed by atoms with Gasteiger partial charge in [-0.25, -0.2) is 15.0 Å². The smallest absolute Gasteiger partial charge is 0.229 e. The summed E-state index contributed by atoms with van der Waals surface area (Å²) < 4.78 is 2.07. The number of carbonyl (C=O) groups excluding carboxylic acids is 1. The normalized spacial score (nSPS) is 24.1. The monoisotopic (exact) mass is 539 g/mol. The predicted molar refractivity (Wildman–Crippen MR) is 146 cm³/mol. The van der Waals surface area contributed by atoms with E-state index in [1.165, 1.54) is 24.7 Å². The third kappa shape index (κ3) is 4.60. The molecule has 3 aromatic heterocycles. The lowest BCUT2D eigenvalue weighted by atomic mass is 10.0. The number of imidazole rings is 1. The van der Waals surface area contributed by atoms with E-state index in [9.17, 15) is 15.2 Å². The van der Waals surface area contributed by atoms with Crippen LogP contribution in [0.25, 0.3) is 5.65 Å². The number of nitrogens with one attached hydrogen (secondary N) is 1. The molecule has 196 valence electrons. The fraction of sp³-hybridized carbons (Fsp3) is 0.345. The second-order valence-electron chi connectivity index (χ2n) is 10.8. The summed E-state index contributed by atoms with van der Waals surface area (Å²) in [5, 5.41) is 23.5. The Kier molecular flexibility index (Phi) is 5.76. The number of β-amino-alcohol motifs (C(OH)–C–C–N with tert-alkyl or cyclic N) is 1. The first-order valence-corrected chi connectivity index (χ1v) is 13.6. The first kappa shape index (κ1) is 24.1. The highest BCUT2D eigenvalue weighted by molar-refractivity contribution is 6.30. The summed E-state index contributed by atoms with van der Waals surface area (Å²) in [6.07, 6.45) is 8.77. The second-order valence-corrected chi connectivity index (χ2v) is 11.2. The molecule has 3 aliphatic rings. The summed E-state index contributed by atoms with van der Waals surface area (Å²) in [6, 6.07) is 13.1. The Balaban J connectivity index is 1.09. The van der Waals surface area contributed by atoms with Gasteiger partial charge in [-0.3, -0.25) is 4.79 Å². The highest BCUT2D eigenvalue weighted by Crippen LogP contribution is 2.49. The molecule has 4 atom stereocenters. The van der Waals surface area contributed by atoms with E-state index >= 15 is 0 Å². The van der Waals surface area contributed by atoms with Crippen molar-refractivity contribution in [3.05, 3.63) is 82.5 Å². The Bertz CT molecular complexity index is 1640. The zero-order chi connectivity index (χ0) is 26.7. The standard InChI is InChI=1S/C29H26ClN7O2/c30-19-5-3-17(11-31)21(7-19)22-9-23(22)29(39)35-26-10-28(33-15-32-26)37-13-20(38)8-25(37)24-14-36-12-18(16-1-2-16)4-6-27(36)34-24/h3-7,10,12,14-16,20,22-23,25,38H,1-2,8-9,13H2,(H,32,33,35,39)/t20-,22?,23?,25+/m0/s1. The average Bonchev–Trinajstić information content (AvgIpc) is 3.85. The molecule has 1 aromatic carbocycles. The number of carbonyl (C=O) groups is 1. The van der Waals surface area contributed by atoms with Gasteiger partial charge in [-0.2, -0.15) is 5.26 Å². The van der Waals surface area contributed by atoms with Gasteiger partial charge in [0.25, 0.3) is 0 Å². The first-order valence-electron chi connectivity index (χ1n) is 13.2. The van der Waals surface area contributed by atoms with Crippen LogP contribution < -0.4 is 10.2 Å². The van der Waals surface area contributed by atoms with E-state index in [-0.39, 0.29) is 23.8 Å². The molecule has 0 radical (unpaired) electrons. The van der Waals surface area contributed by atoms with Crippen LogP contribution in [0.3, 0.4) is 0 Å². The van der Waals surface area contributed by atoms with Crippen molar-refractivity contribution in [1.82, 2.24) is 19.4 Å². The molecule has 4 heterocycles. The van der Waals surface area contributed by atoms with E-state index in [2.05, 4.69) is 44.1 Å². The molecule has 7 rings (SSSR count). The van der Waals surface area contributed by atoms with Crippen LogP contribution in [0, 0.1) is 17.2 Å². The molecule has 2 aliphatic carbocycles. The van der Waals surface area contributed by atoms with Crippen LogP contribution in [0.15, 0.2) is 55.1 Å². The molecule has 2 saturated carbocycles. The third-order valence-electron chi connectivity index (χ3n) is 8.02. The van der Waals surface area contributed by atoms with Gasteiger partial charge in [0.2, 0.25) is 5.91 Å². The topological polar surface area (TPSA) is 119 Å². The number of aliphatic hydroxyl groups excluding tert-OH is 1. The van der Waals surface area contributed by atoms with Gasteiger partial charge in [0.1, 0.15) is 23.6 Å². The van der Waals surface area contributed by atoms with Crippen LogP contribution in [0.4, 0.5) is 11.6 Å². The minimum Gasteiger partial charge on any atom is -0.391 e. The summed E-state index contributed by atoms with van der Waals surface area (Å²) in [7, 11) is 0. The summed E-state index contributed by atoms with van der Waals surface area (Å²) in [4.78, 5) is 28.6. The Morgan fingerprint density at radius 1 is 1.13 bits per heavy atom. The van der Waals surface area contributed by atoms with E-state index in [0.29, 0.717) is 47.5 Å². The van der Waals surface area contributed by atoms with Gasteiger partial charge in [0, 0.05) is 42.4 Å². The number of hydrogen-bond acceptors (Lipinski definition) is 7. The van der Waals surface area contributed by atoms with Crippen molar-refractivity contribution in [2.45, 2.75) is 49.7 Å². The summed E-state index contributed by atoms with van der Waals surface area (Å²) in [5.41, 5.74) is 4.43. The zero-order valence-electron chi connectivity index (χ0n) is 21.0. The maximum absolute atomic E-state index is 13.0. The molecule has 0 bridgehead atoms. The van der Waals surface area contributed by atoms with Crippen molar-refractivity contribution in [3.8, 4) is 6.07 Å². The number of nitrogens with zero attached hydrogens (tertiary/aromatic N) is 6. The van der Waals surface area contributed by atoms with Gasteiger partial charge in [-0.05, 0) is 66.5 Å². The maximum Gasteiger partial charge on any atom is 0.229 e. The Morgan fingerprint density at radius 3 is 2.82 bits per heavy atom. The maximum atomic E-state index is 13.0. The predicted octanol–water partition coefficient (Wildman–Crippen LogP) is 4.58. The Morgan fingerprint density at radius 2 is 2.00 bits per heavy atom. The number of fused-ring (bicyclic) bond motifs is 1. The van der Waals surface area contributed by atoms with Crippen molar-refractivity contribution >= 4 is 34.8 Å². The van der Waals surface area contributed by atoms with Gasteiger partial charge in [0.15, 0.2) is 0 Å². The molecular formula is C29H26ClN7O2. The molecule has 1 amide bonds. The van der Waals surface area contributed by atoms with Crippen LogP contribution >= 0.6 is 11.6 Å². The van der Waals surface area contributed by atoms with Crippen molar-refractivity contribution in [1.29, 1.82) is 5.26 Å². The molecule has 9 nitrogen and oxygen atoms in total. The number of halogens is 1. The number of hydrogen-bond donors (Lipinski definition) is 2. The first-order chi connectivity index (χ1) is 19.0. The van der Waals surface area contributed by atoms with Gasteiger partial charge >= 0.3 is 0 Å². The van der Waals surface area contributed by atoms with E-state index in [1.807, 2.05) is 11.1 Å². The number of aliphatic hydroxyl groups is 1. The minimum atomic E-state index is -0.519.